The molecule has 0 spiro atoms. The average molecular weight is 394 g/mol. The molecule has 1 heterocycles. The summed E-state index contributed by atoms with van der Waals surface area (Å²) in [6.07, 6.45) is 2.96. The van der Waals surface area contributed by atoms with Crippen LogP contribution in [0, 0.1) is 5.92 Å². The molecule has 0 saturated carbocycles. The van der Waals surface area contributed by atoms with Crippen LogP contribution in [0.5, 0.6) is 5.75 Å². The van der Waals surface area contributed by atoms with Crippen molar-refractivity contribution in [2.75, 3.05) is 26.2 Å². The standard InChI is InChI=1S/C21H25Cl2NO2/c22-18-6-7-21(20(23)13-18)26-15-19(25)14-24-10-8-17(9-11-24)12-16-4-2-1-3-5-16/h1-7,13,17,19,25H,8-12,14-15H2/t19-/m0/s1. The second kappa shape index (κ2) is 9.61. The highest BCUT2D eigenvalue weighted by Gasteiger charge is 2.21. The maximum absolute atomic E-state index is 10.3. The molecule has 2 aromatic rings. The first-order chi connectivity index (χ1) is 12.6. The Labute approximate surface area is 165 Å². The van der Waals surface area contributed by atoms with E-state index in [1.165, 1.54) is 18.4 Å². The van der Waals surface area contributed by atoms with Gasteiger partial charge in [-0.15, -0.1) is 0 Å². The van der Waals surface area contributed by atoms with Crippen LogP contribution in [0.2, 0.25) is 10.0 Å². The summed E-state index contributed by atoms with van der Waals surface area (Å²) in [5.74, 6) is 1.28. The quantitative estimate of drug-likeness (QED) is 0.740. The fraction of sp³-hybridized carbons (Fsp3) is 0.429. The molecule has 1 aliphatic rings. The Morgan fingerprint density at radius 1 is 1.08 bits per heavy atom. The molecule has 1 atom stereocenters. The van der Waals surface area contributed by atoms with E-state index < -0.39 is 6.10 Å². The lowest BCUT2D eigenvalue weighted by Gasteiger charge is -2.33. The van der Waals surface area contributed by atoms with Crippen molar-refractivity contribution < 1.29 is 9.84 Å². The number of nitrogens with zero attached hydrogens (tertiary/aromatic N) is 1. The van der Waals surface area contributed by atoms with Gasteiger partial charge in [-0.25, -0.2) is 0 Å². The van der Waals surface area contributed by atoms with Gasteiger partial charge in [0.15, 0.2) is 0 Å². The largest absolute Gasteiger partial charge is 0.489 e. The first-order valence-corrected chi connectivity index (χ1v) is 9.88. The third-order valence-corrected chi connectivity index (χ3v) is 5.40. The van der Waals surface area contributed by atoms with Crippen LogP contribution >= 0.6 is 23.2 Å². The Morgan fingerprint density at radius 2 is 1.81 bits per heavy atom. The number of ether oxygens (including phenoxy) is 1. The summed E-state index contributed by atoms with van der Waals surface area (Å²) in [4.78, 5) is 2.32. The number of aliphatic hydroxyl groups excluding tert-OH is 1. The Hall–Kier alpha value is -1.26. The van der Waals surface area contributed by atoms with Gasteiger partial charge in [-0.3, -0.25) is 0 Å². The number of β-amino-alcohol motifs (C(OH)–C–C–N with tert-alkyl or cyclic N) is 1. The summed E-state index contributed by atoms with van der Waals surface area (Å²) in [5.41, 5.74) is 1.42. The Morgan fingerprint density at radius 3 is 2.50 bits per heavy atom. The minimum absolute atomic E-state index is 0.227. The molecule has 0 unspecified atom stereocenters. The number of aliphatic hydroxyl groups is 1. The van der Waals surface area contributed by atoms with Gasteiger partial charge in [0.1, 0.15) is 18.5 Å². The van der Waals surface area contributed by atoms with Gasteiger partial charge >= 0.3 is 0 Å². The van der Waals surface area contributed by atoms with Crippen molar-refractivity contribution in [1.82, 2.24) is 4.90 Å². The molecule has 0 radical (unpaired) electrons. The molecule has 0 bridgehead atoms. The minimum Gasteiger partial charge on any atom is -0.489 e. The van der Waals surface area contributed by atoms with Crippen LogP contribution in [-0.4, -0.2) is 42.4 Å². The zero-order chi connectivity index (χ0) is 18.4. The Bertz CT molecular complexity index is 688. The molecule has 3 nitrogen and oxygen atoms in total. The number of piperidine rings is 1. The SMILES string of the molecule is O[C@H](COc1ccc(Cl)cc1Cl)CN1CCC(Cc2ccccc2)CC1. The molecule has 5 heteroatoms. The summed E-state index contributed by atoms with van der Waals surface area (Å²) in [6.45, 7) is 2.90. The van der Waals surface area contributed by atoms with Crippen LogP contribution in [0.25, 0.3) is 0 Å². The monoisotopic (exact) mass is 393 g/mol. The first kappa shape index (κ1) is 19.5. The van der Waals surface area contributed by atoms with E-state index in [2.05, 4.69) is 35.2 Å². The van der Waals surface area contributed by atoms with E-state index in [0.29, 0.717) is 22.3 Å². The van der Waals surface area contributed by atoms with Gasteiger partial charge in [0.25, 0.3) is 0 Å². The molecule has 1 fully saturated rings. The van der Waals surface area contributed by atoms with Crippen LogP contribution in [0.4, 0.5) is 0 Å². The van der Waals surface area contributed by atoms with Gasteiger partial charge in [-0.2, -0.15) is 0 Å². The van der Waals surface area contributed by atoms with Gasteiger partial charge in [-0.1, -0.05) is 53.5 Å². The highest BCUT2D eigenvalue weighted by molar-refractivity contribution is 6.35. The van der Waals surface area contributed by atoms with Crippen molar-refractivity contribution in [2.24, 2.45) is 5.92 Å². The Kier molecular flexibility index (Phi) is 7.21. The van der Waals surface area contributed by atoms with Gasteiger partial charge < -0.3 is 14.7 Å². The molecule has 0 aliphatic carbocycles. The lowest BCUT2D eigenvalue weighted by Crippen LogP contribution is -2.41. The van der Waals surface area contributed by atoms with E-state index in [1.807, 2.05) is 0 Å². The molecule has 26 heavy (non-hydrogen) atoms. The van der Waals surface area contributed by atoms with E-state index >= 15 is 0 Å². The molecule has 1 saturated heterocycles. The predicted molar refractivity (Wildman–Crippen MR) is 107 cm³/mol. The van der Waals surface area contributed by atoms with Gasteiger partial charge in [0.2, 0.25) is 0 Å². The molecule has 140 valence electrons. The van der Waals surface area contributed by atoms with E-state index in [0.717, 1.165) is 25.4 Å². The van der Waals surface area contributed by atoms with Crippen LogP contribution in [0.1, 0.15) is 18.4 Å². The summed E-state index contributed by atoms with van der Waals surface area (Å²) in [7, 11) is 0. The summed E-state index contributed by atoms with van der Waals surface area (Å²) in [5, 5.41) is 11.3. The molecule has 0 amide bonds. The molecule has 2 aromatic carbocycles. The summed E-state index contributed by atoms with van der Waals surface area (Å²) < 4.78 is 5.63. The Balaban J connectivity index is 1.38. The van der Waals surface area contributed by atoms with Gasteiger partial charge in [0.05, 0.1) is 5.02 Å². The van der Waals surface area contributed by atoms with Crippen molar-refractivity contribution >= 4 is 23.2 Å². The number of hydrogen-bond acceptors (Lipinski definition) is 3. The smallest absolute Gasteiger partial charge is 0.138 e. The van der Waals surface area contributed by atoms with E-state index in [4.69, 9.17) is 27.9 Å². The lowest BCUT2D eigenvalue weighted by molar-refractivity contribution is 0.0551. The number of rotatable bonds is 7. The number of hydrogen-bond donors (Lipinski definition) is 1. The van der Waals surface area contributed by atoms with E-state index in [9.17, 15) is 5.11 Å². The molecule has 1 aliphatic heterocycles. The van der Waals surface area contributed by atoms with E-state index in [1.54, 1.807) is 18.2 Å². The average Bonchev–Trinajstić information content (AvgIpc) is 2.63. The zero-order valence-corrected chi connectivity index (χ0v) is 16.3. The van der Waals surface area contributed by atoms with Gasteiger partial charge in [0, 0.05) is 11.6 Å². The fourth-order valence-corrected chi connectivity index (χ4v) is 3.91. The summed E-state index contributed by atoms with van der Waals surface area (Å²) in [6, 6.07) is 15.8. The predicted octanol–water partition coefficient (Wildman–Crippen LogP) is 4.69. The molecule has 3 rings (SSSR count). The molecule has 0 aromatic heterocycles. The normalized spacial score (nSPS) is 17.2. The molecular formula is C21H25Cl2NO2. The number of benzene rings is 2. The number of halogens is 2. The van der Waals surface area contributed by atoms with Gasteiger partial charge in [-0.05, 0) is 62.0 Å². The van der Waals surface area contributed by atoms with Crippen LogP contribution in [-0.2, 0) is 6.42 Å². The maximum Gasteiger partial charge on any atom is 0.138 e. The van der Waals surface area contributed by atoms with Crippen molar-refractivity contribution in [3.05, 3.63) is 64.1 Å². The third-order valence-electron chi connectivity index (χ3n) is 4.87. The fourth-order valence-electron chi connectivity index (χ4n) is 3.45. The topological polar surface area (TPSA) is 32.7 Å². The number of likely N-dealkylation sites (tertiary alicyclic amines) is 1. The van der Waals surface area contributed by atoms with Crippen LogP contribution in [0.15, 0.2) is 48.5 Å². The first-order valence-electron chi connectivity index (χ1n) is 9.12. The van der Waals surface area contributed by atoms with Crippen molar-refractivity contribution in [1.29, 1.82) is 0 Å². The highest BCUT2D eigenvalue weighted by Crippen LogP contribution is 2.27. The van der Waals surface area contributed by atoms with Crippen LogP contribution in [0.3, 0.4) is 0 Å². The third kappa shape index (κ3) is 5.88. The minimum atomic E-state index is -0.535. The lowest BCUT2D eigenvalue weighted by atomic mass is 9.90. The zero-order valence-electron chi connectivity index (χ0n) is 14.8. The van der Waals surface area contributed by atoms with Crippen LogP contribution < -0.4 is 4.74 Å². The van der Waals surface area contributed by atoms with Crippen molar-refractivity contribution in [3.8, 4) is 5.75 Å². The van der Waals surface area contributed by atoms with Crippen molar-refractivity contribution in [2.45, 2.75) is 25.4 Å². The van der Waals surface area contributed by atoms with Crippen molar-refractivity contribution in [3.63, 3.8) is 0 Å². The maximum atomic E-state index is 10.3. The second-order valence-electron chi connectivity index (χ2n) is 6.97. The molecular weight excluding hydrogens is 369 g/mol. The second-order valence-corrected chi connectivity index (χ2v) is 7.82. The highest BCUT2D eigenvalue weighted by atomic mass is 35.5. The summed E-state index contributed by atoms with van der Waals surface area (Å²) >= 11 is 12.0. The van der Waals surface area contributed by atoms with E-state index in [-0.39, 0.29) is 6.61 Å². The molecule has 1 N–H and O–H groups in total.